The van der Waals surface area contributed by atoms with Crippen LogP contribution in [0.15, 0.2) is 81.6 Å². The van der Waals surface area contributed by atoms with Crippen LogP contribution < -0.4 is 10.9 Å². The number of sulfonamides is 1. The molecule has 1 fully saturated rings. The number of amides is 1. The maximum Gasteiger partial charge on any atom is 0.266 e. The van der Waals surface area contributed by atoms with E-state index in [0.29, 0.717) is 24.0 Å². The summed E-state index contributed by atoms with van der Waals surface area (Å²) < 4.78 is 43.4. The number of rotatable bonds is 7. The van der Waals surface area contributed by atoms with Crippen molar-refractivity contribution in [3.05, 3.63) is 87.9 Å². The number of hydrogen-bond donors (Lipinski definition) is 1. The Hall–Kier alpha value is -3.25. The van der Waals surface area contributed by atoms with Gasteiger partial charge in [-0.2, -0.15) is 4.31 Å². The zero-order chi connectivity index (χ0) is 27.6. The van der Waals surface area contributed by atoms with Crippen molar-refractivity contribution in [3.63, 3.8) is 0 Å². The Balaban J connectivity index is 1.40. The number of para-hydroxylation sites is 2. The van der Waals surface area contributed by atoms with Crippen LogP contribution in [0.3, 0.4) is 0 Å². The van der Waals surface area contributed by atoms with Crippen molar-refractivity contribution in [3.8, 4) is 5.69 Å². The second-order valence-electron chi connectivity index (χ2n) is 8.95. The second kappa shape index (κ2) is 11.5. The number of thioether (sulfide) groups is 1. The lowest BCUT2D eigenvalue weighted by Crippen LogP contribution is -2.35. The fraction of sp³-hybridized carbons (Fsp3) is 0.222. The average Bonchev–Trinajstić information content (AvgIpc) is 2.94. The van der Waals surface area contributed by atoms with Gasteiger partial charge in [-0.15, -0.1) is 0 Å². The number of carbonyl (C=O) groups excluding carboxylic acids is 1. The van der Waals surface area contributed by atoms with Crippen molar-refractivity contribution >= 4 is 55.9 Å². The van der Waals surface area contributed by atoms with Crippen LogP contribution in [0.2, 0.25) is 5.02 Å². The number of hydrogen-bond acceptors (Lipinski definition) is 6. The van der Waals surface area contributed by atoms with E-state index in [-0.39, 0.29) is 32.2 Å². The largest absolute Gasteiger partial charge is 0.324 e. The molecule has 0 saturated carbocycles. The molecule has 1 aliphatic heterocycles. The number of piperidine rings is 1. The molecule has 0 bridgehead atoms. The zero-order valence-corrected chi connectivity index (χ0v) is 23.0. The molecule has 8 nitrogen and oxygen atoms in total. The Morgan fingerprint density at radius 3 is 2.51 bits per heavy atom. The molecule has 0 aliphatic carbocycles. The molecule has 0 spiro atoms. The summed E-state index contributed by atoms with van der Waals surface area (Å²) in [7, 11) is -3.72. The van der Waals surface area contributed by atoms with Crippen LogP contribution in [0.1, 0.15) is 19.3 Å². The Morgan fingerprint density at radius 1 is 1.03 bits per heavy atom. The van der Waals surface area contributed by atoms with E-state index in [2.05, 4.69) is 10.3 Å². The molecule has 0 unspecified atom stereocenters. The Bertz CT molecular complexity index is 1720. The van der Waals surface area contributed by atoms with Crippen LogP contribution >= 0.6 is 23.4 Å². The topological polar surface area (TPSA) is 101 Å². The predicted octanol–water partition coefficient (Wildman–Crippen LogP) is 5.08. The molecule has 5 rings (SSSR count). The number of aromatic nitrogens is 2. The summed E-state index contributed by atoms with van der Waals surface area (Å²) in [6.45, 7) is 0.900. The normalized spacial score (nSPS) is 14.4. The highest BCUT2D eigenvalue weighted by Gasteiger charge is 2.27. The number of carbonyl (C=O) groups is 1. The Kier molecular flexibility index (Phi) is 8.03. The molecule has 0 radical (unpaired) electrons. The van der Waals surface area contributed by atoms with Crippen LogP contribution in [0.25, 0.3) is 16.6 Å². The van der Waals surface area contributed by atoms with Gasteiger partial charge < -0.3 is 5.32 Å². The van der Waals surface area contributed by atoms with Crippen molar-refractivity contribution in [1.29, 1.82) is 0 Å². The molecule has 4 aromatic rings. The molecule has 39 heavy (non-hydrogen) atoms. The summed E-state index contributed by atoms with van der Waals surface area (Å²) in [6, 6.07) is 16.7. The first-order valence-electron chi connectivity index (χ1n) is 12.2. The molecule has 2 heterocycles. The Labute approximate surface area is 233 Å². The first-order valence-corrected chi connectivity index (χ1v) is 15.0. The van der Waals surface area contributed by atoms with Crippen molar-refractivity contribution in [2.24, 2.45) is 0 Å². The summed E-state index contributed by atoms with van der Waals surface area (Å²) in [5, 5.41) is 3.28. The van der Waals surface area contributed by atoms with Crippen molar-refractivity contribution in [2.75, 3.05) is 24.2 Å². The number of halogens is 2. The van der Waals surface area contributed by atoms with E-state index in [9.17, 15) is 22.4 Å². The van der Waals surface area contributed by atoms with Gasteiger partial charge >= 0.3 is 0 Å². The van der Waals surface area contributed by atoms with E-state index in [4.69, 9.17) is 11.6 Å². The molecule has 1 saturated heterocycles. The summed E-state index contributed by atoms with van der Waals surface area (Å²) in [6.07, 6.45) is 2.59. The predicted molar refractivity (Wildman–Crippen MR) is 151 cm³/mol. The average molecular weight is 587 g/mol. The molecule has 202 valence electrons. The molecule has 0 atom stereocenters. The highest BCUT2D eigenvalue weighted by atomic mass is 35.5. The third kappa shape index (κ3) is 5.72. The highest BCUT2D eigenvalue weighted by molar-refractivity contribution is 7.99. The van der Waals surface area contributed by atoms with Gasteiger partial charge in [0, 0.05) is 13.1 Å². The van der Waals surface area contributed by atoms with Gasteiger partial charge in [-0.1, -0.05) is 54.0 Å². The summed E-state index contributed by atoms with van der Waals surface area (Å²) >= 11 is 7.22. The van der Waals surface area contributed by atoms with Crippen LogP contribution in [0, 0.1) is 5.82 Å². The third-order valence-corrected chi connectivity index (χ3v) is 9.50. The van der Waals surface area contributed by atoms with Crippen LogP contribution in [-0.4, -0.2) is 47.0 Å². The maximum atomic E-state index is 14.7. The molecule has 1 aromatic heterocycles. The van der Waals surface area contributed by atoms with Crippen molar-refractivity contribution < 1.29 is 17.6 Å². The first-order chi connectivity index (χ1) is 18.8. The van der Waals surface area contributed by atoms with Gasteiger partial charge in [0.15, 0.2) is 5.16 Å². The van der Waals surface area contributed by atoms with Gasteiger partial charge in [-0.05, 0) is 55.3 Å². The van der Waals surface area contributed by atoms with E-state index in [1.807, 2.05) is 0 Å². The quantitative estimate of drug-likeness (QED) is 0.239. The van der Waals surface area contributed by atoms with Crippen LogP contribution in [-0.2, 0) is 14.8 Å². The van der Waals surface area contributed by atoms with Crippen LogP contribution in [0.4, 0.5) is 10.1 Å². The van der Waals surface area contributed by atoms with Crippen molar-refractivity contribution in [2.45, 2.75) is 29.3 Å². The standard InChI is InChI=1S/C27H24ClFN4O4S2/c28-20-13-12-18(39(36,37)32-14-6-1-7-15-32)16-23(20)30-25(34)17-38-27-31-22-10-4-2-8-19(22)26(35)33(27)24-11-5-3-9-21(24)29/h2-5,8-13,16H,1,6-7,14-15,17H2,(H,30,34). The molecular weight excluding hydrogens is 563 g/mol. The fourth-order valence-corrected chi connectivity index (χ4v) is 6.90. The second-order valence-corrected chi connectivity index (χ2v) is 12.2. The van der Waals surface area contributed by atoms with E-state index in [1.165, 1.54) is 40.7 Å². The molecule has 1 aliphatic rings. The van der Waals surface area contributed by atoms with Gasteiger partial charge in [-0.3, -0.25) is 14.2 Å². The number of benzene rings is 3. The molecule has 1 amide bonds. The minimum atomic E-state index is -3.72. The van der Waals surface area contributed by atoms with E-state index in [1.54, 1.807) is 30.3 Å². The summed E-state index contributed by atoms with van der Waals surface area (Å²) in [5.41, 5.74) is 0.115. The number of nitrogens with one attached hydrogen (secondary N) is 1. The monoisotopic (exact) mass is 586 g/mol. The molecule has 12 heteroatoms. The maximum absolute atomic E-state index is 14.7. The van der Waals surface area contributed by atoms with Gasteiger partial charge in [0.05, 0.1) is 37.9 Å². The van der Waals surface area contributed by atoms with E-state index >= 15 is 0 Å². The molecular formula is C27H24ClFN4O4S2. The zero-order valence-electron chi connectivity index (χ0n) is 20.6. The fourth-order valence-electron chi connectivity index (χ4n) is 4.39. The summed E-state index contributed by atoms with van der Waals surface area (Å²) in [4.78, 5) is 30.8. The van der Waals surface area contributed by atoms with Crippen molar-refractivity contribution in [1.82, 2.24) is 13.9 Å². The van der Waals surface area contributed by atoms with Gasteiger partial charge in [0.25, 0.3) is 5.56 Å². The van der Waals surface area contributed by atoms with E-state index in [0.717, 1.165) is 35.6 Å². The smallest absolute Gasteiger partial charge is 0.266 e. The number of nitrogens with zero attached hydrogens (tertiary/aromatic N) is 3. The molecule has 1 N–H and O–H groups in total. The minimum Gasteiger partial charge on any atom is -0.324 e. The van der Waals surface area contributed by atoms with Crippen LogP contribution in [0.5, 0.6) is 0 Å². The highest BCUT2D eigenvalue weighted by Crippen LogP contribution is 2.29. The lowest BCUT2D eigenvalue weighted by atomic mass is 10.2. The van der Waals surface area contributed by atoms with Gasteiger partial charge in [0.1, 0.15) is 5.82 Å². The third-order valence-electron chi connectivity index (χ3n) is 6.34. The van der Waals surface area contributed by atoms with E-state index < -0.39 is 27.3 Å². The number of fused-ring (bicyclic) bond motifs is 1. The first kappa shape index (κ1) is 27.3. The van der Waals surface area contributed by atoms with Gasteiger partial charge in [0.2, 0.25) is 15.9 Å². The molecule has 3 aromatic carbocycles. The van der Waals surface area contributed by atoms with Gasteiger partial charge in [-0.25, -0.2) is 17.8 Å². The lowest BCUT2D eigenvalue weighted by Gasteiger charge is -2.26. The SMILES string of the molecule is O=C(CSc1nc2ccccc2c(=O)n1-c1ccccc1F)Nc1cc(S(=O)(=O)N2CCCCC2)ccc1Cl. The Morgan fingerprint density at radius 2 is 1.74 bits per heavy atom. The minimum absolute atomic E-state index is 0.0160. The lowest BCUT2D eigenvalue weighted by molar-refractivity contribution is -0.113. The number of anilines is 1. The summed E-state index contributed by atoms with van der Waals surface area (Å²) in [5.74, 6) is -1.31.